The second-order valence-corrected chi connectivity index (χ2v) is 5.28. The monoisotopic (exact) mass is 300 g/mol. The normalized spacial score (nSPS) is 15.9. The van der Waals surface area contributed by atoms with E-state index in [4.69, 9.17) is 0 Å². The first-order valence-corrected chi connectivity index (χ1v) is 6.76. The predicted octanol–water partition coefficient (Wildman–Crippen LogP) is 2.35. The van der Waals surface area contributed by atoms with Gasteiger partial charge in [-0.25, -0.2) is 4.39 Å². The van der Waals surface area contributed by atoms with Crippen LogP contribution in [0.25, 0.3) is 0 Å². The van der Waals surface area contributed by atoms with Gasteiger partial charge in [0.1, 0.15) is 5.82 Å². The van der Waals surface area contributed by atoms with Crippen molar-refractivity contribution in [3.63, 3.8) is 0 Å². The van der Waals surface area contributed by atoms with Crippen molar-refractivity contribution in [1.29, 1.82) is 0 Å². The topological polar surface area (TPSA) is 32.3 Å². The van der Waals surface area contributed by atoms with Crippen LogP contribution in [0, 0.1) is 5.82 Å². The van der Waals surface area contributed by atoms with Crippen LogP contribution >= 0.6 is 12.4 Å². The molecule has 0 radical (unpaired) electrons. The third kappa shape index (κ3) is 3.13. The maximum absolute atomic E-state index is 13.4. The first-order chi connectivity index (χ1) is 9.10. The lowest BCUT2D eigenvalue weighted by atomic mass is 9.63. The van der Waals surface area contributed by atoms with Gasteiger partial charge in [-0.05, 0) is 37.6 Å². The minimum atomic E-state index is -0.495. The Morgan fingerprint density at radius 1 is 1.45 bits per heavy atom. The molecule has 0 saturated heterocycles. The number of likely N-dealkylation sites (N-methyl/N-ethyl adjacent to an activating group) is 2. The molecule has 112 valence electrons. The lowest BCUT2D eigenvalue weighted by molar-refractivity contribution is -0.139. The van der Waals surface area contributed by atoms with Crippen LogP contribution in [0.1, 0.15) is 24.8 Å². The maximum Gasteiger partial charge on any atom is 0.233 e. The third-order valence-electron chi connectivity index (χ3n) is 4.04. The molecule has 0 unspecified atom stereocenters. The zero-order chi connectivity index (χ0) is 13.9. The summed E-state index contributed by atoms with van der Waals surface area (Å²) in [4.78, 5) is 14.4. The van der Waals surface area contributed by atoms with Gasteiger partial charge in [0.25, 0.3) is 0 Å². The van der Waals surface area contributed by atoms with Crippen LogP contribution in [0.5, 0.6) is 0 Å². The molecule has 1 aliphatic carbocycles. The highest BCUT2D eigenvalue weighted by Gasteiger charge is 2.46. The number of nitrogens with zero attached hydrogens (tertiary/aromatic N) is 1. The van der Waals surface area contributed by atoms with Crippen LogP contribution in [0.15, 0.2) is 24.3 Å². The SMILES string of the molecule is CNCCN(C)C(=O)C1(c2cccc(F)c2)CCC1.Cl. The van der Waals surface area contributed by atoms with E-state index in [-0.39, 0.29) is 24.1 Å². The minimum absolute atomic E-state index is 0. The van der Waals surface area contributed by atoms with Crippen molar-refractivity contribution < 1.29 is 9.18 Å². The van der Waals surface area contributed by atoms with Crippen molar-refractivity contribution in [3.8, 4) is 0 Å². The van der Waals surface area contributed by atoms with E-state index in [2.05, 4.69) is 5.32 Å². The summed E-state index contributed by atoms with van der Waals surface area (Å²) < 4.78 is 13.4. The molecule has 1 aromatic rings. The molecule has 1 amide bonds. The molecule has 0 spiro atoms. The Labute approximate surface area is 125 Å². The van der Waals surface area contributed by atoms with E-state index < -0.39 is 5.41 Å². The largest absolute Gasteiger partial charge is 0.344 e. The Hall–Kier alpha value is -1.13. The molecule has 2 rings (SSSR count). The van der Waals surface area contributed by atoms with Gasteiger partial charge in [-0.3, -0.25) is 4.79 Å². The van der Waals surface area contributed by atoms with Crippen LogP contribution in [0.3, 0.4) is 0 Å². The standard InChI is InChI=1S/C15H21FN2O.ClH/c1-17-9-10-18(2)14(19)15(7-4-8-15)12-5-3-6-13(16)11-12;/h3,5-6,11,17H,4,7-10H2,1-2H3;1H. The van der Waals surface area contributed by atoms with Gasteiger partial charge in [0.15, 0.2) is 0 Å². The van der Waals surface area contributed by atoms with Gasteiger partial charge in [-0.15, -0.1) is 12.4 Å². The summed E-state index contributed by atoms with van der Waals surface area (Å²) in [7, 11) is 3.68. The van der Waals surface area contributed by atoms with Crippen LogP contribution in [-0.2, 0) is 10.2 Å². The Morgan fingerprint density at radius 3 is 2.65 bits per heavy atom. The van der Waals surface area contributed by atoms with E-state index in [1.54, 1.807) is 11.0 Å². The van der Waals surface area contributed by atoms with Crippen LogP contribution < -0.4 is 5.32 Å². The predicted molar refractivity (Wildman–Crippen MR) is 80.7 cm³/mol. The van der Waals surface area contributed by atoms with Crippen LogP contribution in [-0.4, -0.2) is 38.0 Å². The van der Waals surface area contributed by atoms with Gasteiger partial charge < -0.3 is 10.2 Å². The molecular formula is C15H22ClFN2O. The summed E-state index contributed by atoms with van der Waals surface area (Å²) in [5.74, 6) is -0.158. The second kappa shape index (κ2) is 7.04. The number of halogens is 2. The highest BCUT2D eigenvalue weighted by atomic mass is 35.5. The molecule has 20 heavy (non-hydrogen) atoms. The van der Waals surface area contributed by atoms with E-state index in [1.165, 1.54) is 12.1 Å². The van der Waals surface area contributed by atoms with Crippen LogP contribution in [0.2, 0.25) is 0 Å². The molecule has 1 aromatic carbocycles. The van der Waals surface area contributed by atoms with Gasteiger partial charge in [-0.1, -0.05) is 18.6 Å². The summed E-state index contributed by atoms with van der Waals surface area (Å²) in [6, 6.07) is 6.48. The lowest BCUT2D eigenvalue weighted by Crippen LogP contribution is -2.50. The molecule has 0 atom stereocenters. The molecule has 1 aliphatic rings. The van der Waals surface area contributed by atoms with Gasteiger partial charge in [0.05, 0.1) is 5.41 Å². The number of hydrogen-bond acceptors (Lipinski definition) is 2. The highest BCUT2D eigenvalue weighted by Crippen LogP contribution is 2.45. The molecule has 0 heterocycles. The van der Waals surface area contributed by atoms with E-state index in [9.17, 15) is 9.18 Å². The quantitative estimate of drug-likeness (QED) is 0.905. The fourth-order valence-corrected chi connectivity index (χ4v) is 2.69. The summed E-state index contributed by atoms with van der Waals surface area (Å²) in [5.41, 5.74) is 0.324. The fraction of sp³-hybridized carbons (Fsp3) is 0.533. The number of rotatable bonds is 5. The van der Waals surface area contributed by atoms with Gasteiger partial charge >= 0.3 is 0 Å². The van der Waals surface area contributed by atoms with Crippen molar-refractivity contribution >= 4 is 18.3 Å². The van der Waals surface area contributed by atoms with Crippen molar-refractivity contribution in [2.24, 2.45) is 0 Å². The average molecular weight is 301 g/mol. The van der Waals surface area contributed by atoms with Crippen molar-refractivity contribution in [3.05, 3.63) is 35.6 Å². The zero-order valence-electron chi connectivity index (χ0n) is 12.0. The fourth-order valence-electron chi connectivity index (χ4n) is 2.69. The van der Waals surface area contributed by atoms with Gasteiger partial charge in [-0.2, -0.15) is 0 Å². The Morgan fingerprint density at radius 2 is 2.15 bits per heavy atom. The zero-order valence-corrected chi connectivity index (χ0v) is 12.8. The Balaban J connectivity index is 0.00000200. The van der Waals surface area contributed by atoms with Crippen molar-refractivity contribution in [2.45, 2.75) is 24.7 Å². The first-order valence-electron chi connectivity index (χ1n) is 6.76. The molecular weight excluding hydrogens is 279 g/mol. The summed E-state index contributed by atoms with van der Waals surface area (Å²) in [5, 5.41) is 3.04. The molecule has 1 fully saturated rings. The number of hydrogen-bond donors (Lipinski definition) is 1. The van der Waals surface area contributed by atoms with Crippen molar-refractivity contribution in [1.82, 2.24) is 10.2 Å². The molecule has 0 aliphatic heterocycles. The maximum atomic E-state index is 13.4. The smallest absolute Gasteiger partial charge is 0.233 e. The number of nitrogens with one attached hydrogen (secondary N) is 1. The second-order valence-electron chi connectivity index (χ2n) is 5.28. The van der Waals surface area contributed by atoms with Gasteiger partial charge in [0.2, 0.25) is 5.91 Å². The number of carbonyl (C=O) groups excluding carboxylic acids is 1. The molecule has 1 saturated carbocycles. The summed E-state index contributed by atoms with van der Waals surface area (Å²) in [6.45, 7) is 1.44. The number of carbonyl (C=O) groups is 1. The summed E-state index contributed by atoms with van der Waals surface area (Å²) in [6.07, 6.45) is 2.67. The van der Waals surface area contributed by atoms with Crippen molar-refractivity contribution in [2.75, 3.05) is 27.2 Å². The van der Waals surface area contributed by atoms with Crippen LogP contribution in [0.4, 0.5) is 4.39 Å². The lowest BCUT2D eigenvalue weighted by Gasteiger charge is -2.43. The molecule has 5 heteroatoms. The minimum Gasteiger partial charge on any atom is -0.344 e. The Bertz CT molecular complexity index is 463. The number of benzene rings is 1. The third-order valence-corrected chi connectivity index (χ3v) is 4.04. The van der Waals surface area contributed by atoms with E-state index >= 15 is 0 Å². The van der Waals surface area contributed by atoms with E-state index in [1.807, 2.05) is 20.2 Å². The van der Waals surface area contributed by atoms with Gasteiger partial charge in [0, 0.05) is 20.1 Å². The molecule has 1 N–H and O–H groups in total. The molecule has 0 aromatic heterocycles. The van der Waals surface area contributed by atoms with E-state index in [0.717, 1.165) is 31.4 Å². The first kappa shape index (κ1) is 16.9. The highest BCUT2D eigenvalue weighted by molar-refractivity contribution is 5.89. The average Bonchev–Trinajstić information content (AvgIpc) is 2.34. The molecule has 0 bridgehead atoms. The number of amides is 1. The summed E-state index contributed by atoms with van der Waals surface area (Å²) >= 11 is 0. The Kier molecular flexibility index (Phi) is 5.96. The van der Waals surface area contributed by atoms with E-state index in [0.29, 0.717) is 6.54 Å². The molecule has 3 nitrogen and oxygen atoms in total.